The maximum absolute atomic E-state index is 14.0. The molecule has 0 spiro atoms. The van der Waals surface area contributed by atoms with Crippen molar-refractivity contribution in [3.8, 4) is 0 Å². The molecule has 0 radical (unpaired) electrons. The number of fused-ring (bicyclic) bond motifs is 1. The number of hydrogen-bond acceptors (Lipinski definition) is 8. The number of aliphatic hydroxyl groups is 1. The highest BCUT2D eigenvalue weighted by atomic mass is 35.5. The Morgan fingerprint density at radius 2 is 1.86 bits per heavy atom. The Bertz CT molecular complexity index is 1520. The monoisotopic (exact) mass is 649 g/mol. The molecular weight excluding hydrogens is 610 g/mol. The maximum Gasteiger partial charge on any atom is 0.407 e. The molecule has 2 amide bonds. The molecule has 0 aliphatic heterocycles. The number of aromatic nitrogens is 2. The molecule has 2 atom stereocenters. The van der Waals surface area contributed by atoms with E-state index < -0.39 is 40.4 Å². The van der Waals surface area contributed by atoms with Gasteiger partial charge in [-0.25, -0.2) is 18.2 Å². The van der Waals surface area contributed by atoms with Crippen molar-refractivity contribution in [3.63, 3.8) is 0 Å². The predicted octanol–water partition coefficient (Wildman–Crippen LogP) is 4.49. The van der Waals surface area contributed by atoms with E-state index in [1.54, 1.807) is 20.8 Å². The van der Waals surface area contributed by atoms with Gasteiger partial charge in [-0.1, -0.05) is 47.6 Å². The van der Waals surface area contributed by atoms with E-state index in [9.17, 15) is 23.1 Å². The van der Waals surface area contributed by atoms with Gasteiger partial charge in [-0.2, -0.15) is 0 Å². The van der Waals surface area contributed by atoms with E-state index in [2.05, 4.69) is 20.6 Å². The minimum Gasteiger partial charge on any atom is -0.444 e. The second-order valence-electron chi connectivity index (χ2n) is 11.8. The molecular formula is C30H40ClN5O7S. The molecule has 240 valence electrons. The zero-order chi connectivity index (χ0) is 31.9. The van der Waals surface area contributed by atoms with Gasteiger partial charge in [-0.3, -0.25) is 14.9 Å². The minimum absolute atomic E-state index is 0.0993. The van der Waals surface area contributed by atoms with Crippen LogP contribution in [0.1, 0.15) is 58.4 Å². The topological polar surface area (TPSA) is 163 Å². The highest BCUT2D eigenvalue weighted by Gasteiger charge is 2.35. The van der Waals surface area contributed by atoms with Gasteiger partial charge in [0.1, 0.15) is 5.60 Å². The average molecular weight is 650 g/mol. The van der Waals surface area contributed by atoms with E-state index in [0.29, 0.717) is 23.9 Å². The minimum atomic E-state index is -4.31. The van der Waals surface area contributed by atoms with Crippen LogP contribution in [0.3, 0.4) is 0 Å². The van der Waals surface area contributed by atoms with Crippen LogP contribution in [-0.2, 0) is 30.8 Å². The average Bonchev–Trinajstić information content (AvgIpc) is 3.61. The third kappa shape index (κ3) is 9.38. The smallest absolute Gasteiger partial charge is 0.407 e. The van der Waals surface area contributed by atoms with E-state index in [1.165, 1.54) is 18.2 Å². The van der Waals surface area contributed by atoms with Crippen LogP contribution in [0.4, 0.5) is 10.7 Å². The Balaban J connectivity index is 1.61. The number of H-pyrrole nitrogens is 1. The number of alkyl carbamates (subject to hydrolysis) is 1. The van der Waals surface area contributed by atoms with Gasteiger partial charge < -0.3 is 20.1 Å². The fourth-order valence-corrected chi connectivity index (χ4v) is 6.35. The molecule has 12 nitrogen and oxygen atoms in total. The highest BCUT2D eigenvalue weighted by molar-refractivity contribution is 7.89. The first-order valence-electron chi connectivity index (χ1n) is 14.6. The lowest BCUT2D eigenvalue weighted by atomic mass is 10.0. The predicted molar refractivity (Wildman–Crippen MR) is 167 cm³/mol. The lowest BCUT2D eigenvalue weighted by Crippen LogP contribution is -2.51. The third-order valence-corrected chi connectivity index (χ3v) is 8.78. The molecule has 3 aromatic rings. The molecule has 1 aromatic heterocycles. The first-order valence-corrected chi connectivity index (χ1v) is 16.6. The lowest BCUT2D eigenvalue weighted by molar-refractivity contribution is -0.145. The number of carbonyl (C=O) groups excluding carboxylic acids is 2. The summed E-state index contributed by atoms with van der Waals surface area (Å²) in [5.74, 6) is -0.0189. The van der Waals surface area contributed by atoms with Crippen molar-refractivity contribution in [2.45, 2.75) is 88.0 Å². The van der Waals surface area contributed by atoms with Crippen molar-refractivity contribution >= 4 is 50.6 Å². The van der Waals surface area contributed by atoms with Gasteiger partial charge in [0.2, 0.25) is 11.9 Å². The van der Waals surface area contributed by atoms with Crippen molar-refractivity contribution in [2.75, 3.05) is 17.7 Å². The molecule has 1 fully saturated rings. The number of carbonyl (C=O) groups is 2. The molecule has 1 aliphatic rings. The largest absolute Gasteiger partial charge is 0.444 e. The molecule has 2 aromatic carbocycles. The van der Waals surface area contributed by atoms with Crippen LogP contribution >= 0.6 is 11.6 Å². The fraction of sp³-hybridized carbons (Fsp3) is 0.500. The summed E-state index contributed by atoms with van der Waals surface area (Å²) in [5.41, 5.74) is 0.878. The number of sulfonamides is 1. The van der Waals surface area contributed by atoms with Gasteiger partial charge in [0.05, 0.1) is 40.7 Å². The summed E-state index contributed by atoms with van der Waals surface area (Å²) in [6, 6.07) is 12.6. The van der Waals surface area contributed by atoms with E-state index in [1.807, 2.05) is 30.3 Å². The summed E-state index contributed by atoms with van der Waals surface area (Å²) in [6.07, 6.45) is 1.03. The molecule has 0 unspecified atom stereocenters. The molecule has 0 saturated heterocycles. The van der Waals surface area contributed by atoms with Crippen LogP contribution in [0.25, 0.3) is 11.0 Å². The van der Waals surface area contributed by atoms with E-state index in [-0.39, 0.29) is 41.6 Å². The molecule has 0 bridgehead atoms. The Hall–Kier alpha value is -3.23. The maximum atomic E-state index is 14.0. The summed E-state index contributed by atoms with van der Waals surface area (Å²) in [7, 11) is -4.31. The zero-order valence-electron chi connectivity index (χ0n) is 25.1. The number of nitrogens with one attached hydrogen (secondary N) is 3. The van der Waals surface area contributed by atoms with Crippen LogP contribution in [0.2, 0.25) is 0 Å². The van der Waals surface area contributed by atoms with E-state index in [4.69, 9.17) is 21.2 Å². The fourth-order valence-electron chi connectivity index (χ4n) is 4.85. The van der Waals surface area contributed by atoms with Crippen LogP contribution in [0.15, 0.2) is 53.4 Å². The van der Waals surface area contributed by atoms with Crippen molar-refractivity contribution < 1.29 is 32.7 Å². The second-order valence-corrected chi connectivity index (χ2v) is 14.0. The number of halogens is 1. The number of rotatable bonds is 13. The van der Waals surface area contributed by atoms with Crippen molar-refractivity contribution in [2.24, 2.45) is 0 Å². The second kappa shape index (κ2) is 14.7. The van der Waals surface area contributed by atoms with Gasteiger partial charge in [0.25, 0.3) is 10.0 Å². The van der Waals surface area contributed by atoms with Crippen LogP contribution in [0.5, 0.6) is 0 Å². The molecule has 1 heterocycles. The number of alkyl halides is 1. The Kier molecular flexibility index (Phi) is 11.2. The van der Waals surface area contributed by atoms with Crippen molar-refractivity contribution in [1.29, 1.82) is 0 Å². The molecule has 1 aliphatic carbocycles. The number of imidazole rings is 1. The van der Waals surface area contributed by atoms with Gasteiger partial charge >= 0.3 is 6.09 Å². The van der Waals surface area contributed by atoms with Crippen LogP contribution in [0, 0.1) is 0 Å². The highest BCUT2D eigenvalue weighted by Crippen LogP contribution is 2.28. The molecule has 14 heteroatoms. The number of hydroxylamine groups is 1. The number of amides is 2. The lowest BCUT2D eigenvalue weighted by Gasteiger charge is -2.31. The molecule has 4 rings (SSSR count). The quantitative estimate of drug-likeness (QED) is 0.155. The summed E-state index contributed by atoms with van der Waals surface area (Å²) >= 11 is 5.63. The van der Waals surface area contributed by atoms with Gasteiger partial charge in [-0.05, 0) is 63.8 Å². The van der Waals surface area contributed by atoms with Crippen LogP contribution in [-0.4, -0.2) is 76.2 Å². The van der Waals surface area contributed by atoms with Crippen molar-refractivity contribution in [3.05, 3.63) is 54.1 Å². The van der Waals surface area contributed by atoms with E-state index >= 15 is 0 Å². The van der Waals surface area contributed by atoms with Crippen LogP contribution < -0.4 is 10.6 Å². The van der Waals surface area contributed by atoms with Crippen molar-refractivity contribution in [1.82, 2.24) is 19.8 Å². The number of nitrogens with zero attached hydrogens (tertiary/aromatic N) is 2. The number of anilines is 1. The van der Waals surface area contributed by atoms with Gasteiger partial charge in [-0.15, -0.1) is 11.6 Å². The summed E-state index contributed by atoms with van der Waals surface area (Å²) in [4.78, 5) is 37.8. The number of hydrogen-bond donors (Lipinski definition) is 4. The number of aliphatic hydroxyl groups excluding tert-OH is 1. The normalized spacial score (nSPS) is 15.8. The summed E-state index contributed by atoms with van der Waals surface area (Å²) in [5, 5.41) is 16.8. The number of aromatic amines is 1. The first-order chi connectivity index (χ1) is 20.8. The Labute approximate surface area is 262 Å². The SMILES string of the molecule is CC(C)(C)OC(=O)N[C@@H](Cc1ccccc1)[C@H](O)CN(OC1CCCC1)S(=O)(=O)c1ccc2nc(NC(=O)CCCl)[nH]c2c1. The standard InChI is InChI=1S/C30H40ClN5O7S/c1-30(2,3)42-29(39)34-25(17-20-9-5-4-6-10-20)26(37)19-36(43-21-11-7-8-12-21)44(40,41)22-13-14-23-24(18-22)33-28(32-23)35-27(38)15-16-31/h4-6,9-10,13-14,18,21,25-26,37H,7-8,11-12,15-17,19H2,1-3H3,(H,34,39)(H2,32,33,35,38)/t25-,26+/m0/s1. The molecule has 1 saturated carbocycles. The van der Waals surface area contributed by atoms with E-state index in [0.717, 1.165) is 22.9 Å². The first kappa shape index (κ1) is 33.7. The summed E-state index contributed by atoms with van der Waals surface area (Å²) in [6.45, 7) is 4.73. The van der Waals surface area contributed by atoms with Gasteiger partial charge in [0.15, 0.2) is 0 Å². The Morgan fingerprint density at radius 3 is 2.52 bits per heavy atom. The Morgan fingerprint density at radius 1 is 1.16 bits per heavy atom. The summed E-state index contributed by atoms with van der Waals surface area (Å²) < 4.78 is 34.3. The zero-order valence-corrected chi connectivity index (χ0v) is 26.7. The molecule has 4 N–H and O–H groups in total. The third-order valence-electron chi connectivity index (χ3n) is 6.97. The number of ether oxygens (including phenoxy) is 1. The molecule has 44 heavy (non-hydrogen) atoms. The number of benzene rings is 2. The van der Waals surface area contributed by atoms with Gasteiger partial charge in [0, 0.05) is 12.3 Å².